The van der Waals surface area contributed by atoms with Crippen molar-refractivity contribution in [2.45, 2.75) is 25.7 Å². The van der Waals surface area contributed by atoms with Crippen LogP contribution in [0.5, 0.6) is 0 Å². The lowest BCUT2D eigenvalue weighted by atomic mass is 10.1. The highest BCUT2D eigenvalue weighted by Crippen LogP contribution is 2.26. The summed E-state index contributed by atoms with van der Waals surface area (Å²) < 4.78 is 0. The van der Waals surface area contributed by atoms with Gasteiger partial charge in [0, 0.05) is 27.7 Å². The molecule has 1 aromatic carbocycles. The van der Waals surface area contributed by atoms with Crippen LogP contribution in [-0.2, 0) is 19.3 Å². The Labute approximate surface area is 121 Å². The third-order valence-electron chi connectivity index (χ3n) is 3.38. The molecule has 0 saturated heterocycles. The van der Waals surface area contributed by atoms with Gasteiger partial charge in [0.1, 0.15) is 11.6 Å². The molecule has 0 radical (unpaired) electrons. The van der Waals surface area contributed by atoms with E-state index in [0.29, 0.717) is 22.3 Å². The average molecular weight is 294 g/mol. The third-order valence-corrected chi connectivity index (χ3v) is 3.96. The highest BCUT2D eigenvalue weighted by molar-refractivity contribution is 6.35. The Morgan fingerprint density at radius 1 is 1.16 bits per heavy atom. The summed E-state index contributed by atoms with van der Waals surface area (Å²) in [6, 6.07) is 5.45. The predicted octanol–water partition coefficient (Wildman–Crippen LogP) is 3.45. The molecule has 19 heavy (non-hydrogen) atoms. The molecule has 0 aliphatic heterocycles. The molecule has 2 N–H and O–H groups in total. The van der Waals surface area contributed by atoms with Crippen molar-refractivity contribution in [2.24, 2.45) is 0 Å². The molecule has 0 saturated carbocycles. The van der Waals surface area contributed by atoms with Crippen molar-refractivity contribution in [2.75, 3.05) is 5.73 Å². The fraction of sp³-hybridized carbons (Fsp3) is 0.286. The van der Waals surface area contributed by atoms with Crippen LogP contribution in [0.4, 0.5) is 5.82 Å². The maximum Gasteiger partial charge on any atom is 0.135 e. The number of halogens is 2. The molecule has 0 bridgehead atoms. The number of benzene rings is 1. The molecule has 0 unspecified atom stereocenters. The lowest BCUT2D eigenvalue weighted by Gasteiger charge is -2.08. The van der Waals surface area contributed by atoms with Crippen LogP contribution >= 0.6 is 23.2 Å². The molecule has 98 valence electrons. The summed E-state index contributed by atoms with van der Waals surface area (Å²) in [7, 11) is 0. The molecule has 3 nitrogen and oxygen atoms in total. The van der Waals surface area contributed by atoms with Crippen molar-refractivity contribution in [1.29, 1.82) is 0 Å². The number of anilines is 1. The highest BCUT2D eigenvalue weighted by Gasteiger charge is 2.18. The second-order valence-corrected chi connectivity index (χ2v) is 5.56. The second kappa shape index (κ2) is 4.99. The van der Waals surface area contributed by atoms with Crippen molar-refractivity contribution in [3.05, 3.63) is 50.9 Å². The largest absolute Gasteiger partial charge is 0.383 e. The number of nitrogen functional groups attached to an aromatic ring is 1. The van der Waals surface area contributed by atoms with Gasteiger partial charge in [-0.15, -0.1) is 0 Å². The first-order chi connectivity index (χ1) is 9.13. The van der Waals surface area contributed by atoms with Gasteiger partial charge in [-0.05, 0) is 37.0 Å². The molecule has 0 fully saturated rings. The fourth-order valence-corrected chi connectivity index (χ4v) is 2.90. The summed E-state index contributed by atoms with van der Waals surface area (Å²) in [5.74, 6) is 1.34. The van der Waals surface area contributed by atoms with Crippen LogP contribution in [-0.4, -0.2) is 9.97 Å². The average Bonchev–Trinajstić information content (AvgIpc) is 2.81. The maximum atomic E-state index is 6.17. The van der Waals surface area contributed by atoms with Gasteiger partial charge in [0.15, 0.2) is 0 Å². The van der Waals surface area contributed by atoms with Crippen LogP contribution in [0.15, 0.2) is 18.2 Å². The Kier molecular flexibility index (Phi) is 3.33. The van der Waals surface area contributed by atoms with E-state index >= 15 is 0 Å². The SMILES string of the molecule is Nc1nc(Cc2ccc(Cl)cc2Cl)nc2c1CCC2. The summed E-state index contributed by atoms with van der Waals surface area (Å²) in [6.07, 6.45) is 3.67. The smallest absolute Gasteiger partial charge is 0.135 e. The first kappa shape index (κ1) is 12.7. The minimum Gasteiger partial charge on any atom is -0.383 e. The van der Waals surface area contributed by atoms with Crippen LogP contribution in [0, 0.1) is 0 Å². The Morgan fingerprint density at radius 2 is 2.00 bits per heavy atom. The minimum atomic E-state index is 0.577. The first-order valence-electron chi connectivity index (χ1n) is 6.21. The molecule has 1 heterocycles. The van der Waals surface area contributed by atoms with Crippen molar-refractivity contribution in [3.63, 3.8) is 0 Å². The standard InChI is InChI=1S/C14H13Cl2N3/c15-9-5-4-8(11(16)7-9)6-13-18-12-3-1-2-10(12)14(17)19-13/h4-5,7H,1-3,6H2,(H2,17,18,19). The molecule has 0 atom stereocenters. The highest BCUT2D eigenvalue weighted by atomic mass is 35.5. The molecule has 1 aliphatic carbocycles. The van der Waals surface area contributed by atoms with Gasteiger partial charge in [0.05, 0.1) is 0 Å². The van der Waals surface area contributed by atoms with Gasteiger partial charge >= 0.3 is 0 Å². The first-order valence-corrected chi connectivity index (χ1v) is 6.97. The van der Waals surface area contributed by atoms with E-state index in [2.05, 4.69) is 9.97 Å². The molecule has 3 rings (SSSR count). The number of aromatic nitrogens is 2. The molecule has 0 amide bonds. The van der Waals surface area contributed by atoms with Gasteiger partial charge < -0.3 is 5.73 Å². The molecular formula is C14H13Cl2N3. The number of nitrogens with zero attached hydrogens (tertiary/aromatic N) is 2. The number of aryl methyl sites for hydroxylation is 1. The number of fused-ring (bicyclic) bond motifs is 1. The van der Waals surface area contributed by atoms with Gasteiger partial charge in [-0.3, -0.25) is 0 Å². The van der Waals surface area contributed by atoms with E-state index < -0.39 is 0 Å². The summed E-state index contributed by atoms with van der Waals surface area (Å²) in [5, 5.41) is 1.26. The summed E-state index contributed by atoms with van der Waals surface area (Å²) in [6.45, 7) is 0. The predicted molar refractivity (Wildman–Crippen MR) is 77.7 cm³/mol. The lowest BCUT2D eigenvalue weighted by molar-refractivity contribution is 0.886. The molecule has 2 aromatic rings. The zero-order chi connectivity index (χ0) is 13.4. The van der Waals surface area contributed by atoms with Gasteiger partial charge in [-0.1, -0.05) is 29.3 Å². The van der Waals surface area contributed by atoms with Gasteiger partial charge in [0.25, 0.3) is 0 Å². The van der Waals surface area contributed by atoms with Gasteiger partial charge in [-0.25, -0.2) is 9.97 Å². The van der Waals surface area contributed by atoms with E-state index in [0.717, 1.165) is 41.9 Å². The number of rotatable bonds is 2. The number of hydrogen-bond acceptors (Lipinski definition) is 3. The molecule has 1 aromatic heterocycles. The Morgan fingerprint density at radius 3 is 2.79 bits per heavy atom. The van der Waals surface area contributed by atoms with Crippen molar-refractivity contribution in [3.8, 4) is 0 Å². The van der Waals surface area contributed by atoms with E-state index in [1.807, 2.05) is 12.1 Å². The third kappa shape index (κ3) is 2.53. The van der Waals surface area contributed by atoms with E-state index in [-0.39, 0.29) is 0 Å². The number of nitrogens with two attached hydrogens (primary N) is 1. The normalized spacial score (nSPS) is 13.6. The zero-order valence-corrected chi connectivity index (χ0v) is 11.8. The molecule has 0 spiro atoms. The molecule has 5 heteroatoms. The van der Waals surface area contributed by atoms with Crippen LogP contribution in [0.25, 0.3) is 0 Å². The topological polar surface area (TPSA) is 51.8 Å². The quantitative estimate of drug-likeness (QED) is 0.923. The Bertz CT molecular complexity index is 641. The minimum absolute atomic E-state index is 0.577. The molecule has 1 aliphatic rings. The Balaban J connectivity index is 1.93. The fourth-order valence-electron chi connectivity index (χ4n) is 2.43. The van der Waals surface area contributed by atoms with Gasteiger partial charge in [-0.2, -0.15) is 0 Å². The van der Waals surface area contributed by atoms with E-state index in [1.54, 1.807) is 6.07 Å². The van der Waals surface area contributed by atoms with Crippen LogP contribution in [0.1, 0.15) is 29.1 Å². The zero-order valence-electron chi connectivity index (χ0n) is 10.3. The molecular weight excluding hydrogens is 281 g/mol. The number of hydrogen-bond donors (Lipinski definition) is 1. The maximum absolute atomic E-state index is 6.17. The van der Waals surface area contributed by atoms with Crippen molar-refractivity contribution in [1.82, 2.24) is 9.97 Å². The van der Waals surface area contributed by atoms with Crippen molar-refractivity contribution < 1.29 is 0 Å². The van der Waals surface area contributed by atoms with Gasteiger partial charge in [0.2, 0.25) is 0 Å². The second-order valence-electron chi connectivity index (χ2n) is 4.72. The summed E-state index contributed by atoms with van der Waals surface area (Å²) in [5.41, 5.74) is 9.15. The van der Waals surface area contributed by atoms with E-state index in [1.165, 1.54) is 0 Å². The van der Waals surface area contributed by atoms with Crippen LogP contribution < -0.4 is 5.73 Å². The Hall–Kier alpha value is -1.32. The van der Waals surface area contributed by atoms with Crippen molar-refractivity contribution >= 4 is 29.0 Å². The van der Waals surface area contributed by atoms with E-state index in [4.69, 9.17) is 28.9 Å². The monoisotopic (exact) mass is 293 g/mol. The summed E-state index contributed by atoms with van der Waals surface area (Å²) in [4.78, 5) is 8.97. The van der Waals surface area contributed by atoms with Crippen LogP contribution in [0.3, 0.4) is 0 Å². The lowest BCUT2D eigenvalue weighted by Crippen LogP contribution is -2.06. The van der Waals surface area contributed by atoms with E-state index in [9.17, 15) is 0 Å². The summed E-state index contributed by atoms with van der Waals surface area (Å²) >= 11 is 12.1. The van der Waals surface area contributed by atoms with Crippen LogP contribution in [0.2, 0.25) is 10.0 Å².